The smallest absolute Gasteiger partial charge is 0.253 e. The maximum absolute atomic E-state index is 12.4. The van der Waals surface area contributed by atoms with Gasteiger partial charge in [0.1, 0.15) is 0 Å². The van der Waals surface area contributed by atoms with Gasteiger partial charge in [-0.2, -0.15) is 0 Å². The van der Waals surface area contributed by atoms with Gasteiger partial charge in [-0.3, -0.25) is 9.59 Å². The molecule has 1 atom stereocenters. The van der Waals surface area contributed by atoms with E-state index in [0.717, 1.165) is 22.0 Å². The van der Waals surface area contributed by atoms with Gasteiger partial charge < -0.3 is 10.3 Å². The highest BCUT2D eigenvalue weighted by atomic mass is 16.2. The SMILES string of the molecule is Cc1cc2cc(CNC(=O)C(C)Cc3ccccc3)c(=O)[nH]c2cc1C. The lowest BCUT2D eigenvalue weighted by molar-refractivity contribution is -0.124. The van der Waals surface area contributed by atoms with Gasteiger partial charge in [0, 0.05) is 23.5 Å². The van der Waals surface area contributed by atoms with Crippen LogP contribution in [0.3, 0.4) is 0 Å². The molecule has 2 N–H and O–H groups in total. The van der Waals surface area contributed by atoms with Crippen LogP contribution >= 0.6 is 0 Å². The molecule has 1 heterocycles. The van der Waals surface area contributed by atoms with Crippen LogP contribution in [0.4, 0.5) is 0 Å². The second-order valence-corrected chi connectivity index (χ2v) is 6.96. The predicted octanol–water partition coefficient (Wildman–Crippen LogP) is 3.64. The minimum Gasteiger partial charge on any atom is -0.352 e. The van der Waals surface area contributed by atoms with Crippen LogP contribution in [0, 0.1) is 19.8 Å². The van der Waals surface area contributed by atoms with E-state index in [1.807, 2.05) is 63.2 Å². The van der Waals surface area contributed by atoms with Crippen LogP contribution in [-0.4, -0.2) is 10.9 Å². The number of pyridine rings is 1. The molecule has 0 aliphatic heterocycles. The molecule has 0 aliphatic rings. The Morgan fingerprint density at radius 1 is 1.08 bits per heavy atom. The van der Waals surface area contributed by atoms with E-state index in [1.165, 1.54) is 5.56 Å². The maximum atomic E-state index is 12.4. The van der Waals surface area contributed by atoms with E-state index >= 15 is 0 Å². The Balaban J connectivity index is 1.70. The number of hydrogen-bond acceptors (Lipinski definition) is 2. The van der Waals surface area contributed by atoms with Crippen molar-refractivity contribution in [2.75, 3.05) is 0 Å². The highest BCUT2D eigenvalue weighted by molar-refractivity contribution is 5.81. The molecule has 4 nitrogen and oxygen atoms in total. The standard InChI is InChI=1S/C22H24N2O2/c1-14-10-18-12-19(22(26)24-20(18)11-15(14)2)13-23-21(25)16(3)9-17-7-5-4-6-8-17/h4-8,10-12,16H,9,13H2,1-3H3,(H,23,25)(H,24,26). The van der Waals surface area contributed by atoms with E-state index < -0.39 is 0 Å². The van der Waals surface area contributed by atoms with Crippen LogP contribution in [0.15, 0.2) is 53.3 Å². The van der Waals surface area contributed by atoms with E-state index in [9.17, 15) is 9.59 Å². The Morgan fingerprint density at radius 3 is 2.50 bits per heavy atom. The summed E-state index contributed by atoms with van der Waals surface area (Å²) in [6, 6.07) is 15.8. The second-order valence-electron chi connectivity index (χ2n) is 6.96. The molecule has 1 unspecified atom stereocenters. The number of nitrogens with one attached hydrogen (secondary N) is 2. The minimum atomic E-state index is -0.156. The molecule has 26 heavy (non-hydrogen) atoms. The molecule has 3 aromatic rings. The summed E-state index contributed by atoms with van der Waals surface area (Å²) in [6.07, 6.45) is 0.680. The zero-order valence-electron chi connectivity index (χ0n) is 15.4. The summed E-state index contributed by atoms with van der Waals surface area (Å²) >= 11 is 0. The molecule has 1 amide bonds. The first-order valence-electron chi connectivity index (χ1n) is 8.89. The minimum absolute atomic E-state index is 0.0477. The Labute approximate surface area is 153 Å². The lowest BCUT2D eigenvalue weighted by Gasteiger charge is -2.12. The zero-order chi connectivity index (χ0) is 18.7. The molecule has 0 aliphatic carbocycles. The number of hydrogen-bond donors (Lipinski definition) is 2. The number of H-pyrrole nitrogens is 1. The number of benzene rings is 2. The quantitative estimate of drug-likeness (QED) is 0.739. The van der Waals surface area contributed by atoms with E-state index in [-0.39, 0.29) is 23.9 Å². The van der Waals surface area contributed by atoms with Gasteiger partial charge in [-0.25, -0.2) is 0 Å². The number of amides is 1. The first-order valence-corrected chi connectivity index (χ1v) is 8.89. The van der Waals surface area contributed by atoms with Gasteiger partial charge in [0.15, 0.2) is 0 Å². The molecule has 3 rings (SSSR count). The lowest BCUT2D eigenvalue weighted by atomic mass is 10.0. The zero-order valence-corrected chi connectivity index (χ0v) is 15.4. The number of rotatable bonds is 5. The van der Waals surface area contributed by atoms with Gasteiger partial charge in [0.05, 0.1) is 0 Å². The van der Waals surface area contributed by atoms with Gasteiger partial charge in [-0.05, 0) is 60.5 Å². The highest BCUT2D eigenvalue weighted by Crippen LogP contribution is 2.17. The number of fused-ring (bicyclic) bond motifs is 1. The van der Waals surface area contributed by atoms with E-state index in [0.29, 0.717) is 12.0 Å². The molecule has 4 heteroatoms. The van der Waals surface area contributed by atoms with Crippen molar-refractivity contribution in [3.05, 3.63) is 81.1 Å². The van der Waals surface area contributed by atoms with Crippen molar-refractivity contribution >= 4 is 16.8 Å². The van der Waals surface area contributed by atoms with Crippen molar-refractivity contribution in [1.82, 2.24) is 10.3 Å². The van der Waals surface area contributed by atoms with Crippen LogP contribution in [0.1, 0.15) is 29.2 Å². The summed E-state index contributed by atoms with van der Waals surface area (Å²) < 4.78 is 0. The topological polar surface area (TPSA) is 62.0 Å². The lowest BCUT2D eigenvalue weighted by Crippen LogP contribution is -2.31. The predicted molar refractivity (Wildman–Crippen MR) is 105 cm³/mol. The van der Waals surface area contributed by atoms with Crippen molar-refractivity contribution < 1.29 is 4.79 Å². The summed E-state index contributed by atoms with van der Waals surface area (Å²) in [5, 5.41) is 3.87. The molecule has 1 aromatic heterocycles. The normalized spacial score (nSPS) is 12.1. The van der Waals surface area contributed by atoms with Crippen LogP contribution in [0.25, 0.3) is 10.9 Å². The average Bonchev–Trinajstić information content (AvgIpc) is 2.62. The molecule has 134 valence electrons. The van der Waals surface area contributed by atoms with E-state index in [1.54, 1.807) is 0 Å². The van der Waals surface area contributed by atoms with Gasteiger partial charge in [0.2, 0.25) is 5.91 Å². The first kappa shape index (κ1) is 17.9. The summed E-state index contributed by atoms with van der Waals surface area (Å²) in [5.41, 5.74) is 4.69. The van der Waals surface area contributed by atoms with Gasteiger partial charge in [-0.15, -0.1) is 0 Å². The molecule has 0 radical (unpaired) electrons. The summed E-state index contributed by atoms with van der Waals surface area (Å²) in [4.78, 5) is 27.6. The number of carbonyl (C=O) groups excluding carboxylic acids is 1. The molecule has 2 aromatic carbocycles. The fourth-order valence-electron chi connectivity index (χ4n) is 3.07. The highest BCUT2D eigenvalue weighted by Gasteiger charge is 2.14. The van der Waals surface area contributed by atoms with Crippen LogP contribution in [-0.2, 0) is 17.8 Å². The molecular formula is C22H24N2O2. The number of aryl methyl sites for hydroxylation is 2. The van der Waals surface area contributed by atoms with Crippen LogP contribution < -0.4 is 10.9 Å². The van der Waals surface area contributed by atoms with Gasteiger partial charge in [-0.1, -0.05) is 37.3 Å². The van der Waals surface area contributed by atoms with Crippen molar-refractivity contribution in [3.63, 3.8) is 0 Å². The molecule has 0 bridgehead atoms. The van der Waals surface area contributed by atoms with E-state index in [4.69, 9.17) is 0 Å². The van der Waals surface area contributed by atoms with Crippen molar-refractivity contribution in [3.8, 4) is 0 Å². The number of aromatic amines is 1. The first-order chi connectivity index (χ1) is 12.4. The summed E-state index contributed by atoms with van der Waals surface area (Å²) in [6.45, 7) is 6.21. The molecule has 0 saturated carbocycles. The Bertz CT molecular complexity index is 990. The number of aromatic nitrogens is 1. The Morgan fingerprint density at radius 2 is 1.77 bits per heavy atom. The fourth-order valence-corrected chi connectivity index (χ4v) is 3.07. The third-order valence-corrected chi connectivity index (χ3v) is 4.82. The van der Waals surface area contributed by atoms with Crippen molar-refractivity contribution in [1.29, 1.82) is 0 Å². The van der Waals surface area contributed by atoms with Crippen LogP contribution in [0.2, 0.25) is 0 Å². The monoisotopic (exact) mass is 348 g/mol. The van der Waals surface area contributed by atoms with Crippen LogP contribution in [0.5, 0.6) is 0 Å². The van der Waals surface area contributed by atoms with Crippen molar-refractivity contribution in [2.24, 2.45) is 5.92 Å². The fraction of sp³-hybridized carbons (Fsp3) is 0.273. The van der Waals surface area contributed by atoms with E-state index in [2.05, 4.69) is 16.4 Å². The Hall–Kier alpha value is -2.88. The summed E-state index contributed by atoms with van der Waals surface area (Å²) in [7, 11) is 0. The third kappa shape index (κ3) is 4.02. The number of carbonyl (C=O) groups is 1. The maximum Gasteiger partial charge on any atom is 0.253 e. The largest absolute Gasteiger partial charge is 0.352 e. The summed E-state index contributed by atoms with van der Waals surface area (Å²) in [5.74, 6) is -0.199. The van der Waals surface area contributed by atoms with Gasteiger partial charge >= 0.3 is 0 Å². The molecule has 0 saturated heterocycles. The van der Waals surface area contributed by atoms with Gasteiger partial charge in [0.25, 0.3) is 5.56 Å². The molecule has 0 fully saturated rings. The molecular weight excluding hydrogens is 324 g/mol. The Kier molecular flexibility index (Phi) is 5.21. The third-order valence-electron chi connectivity index (χ3n) is 4.82. The second kappa shape index (κ2) is 7.56. The van der Waals surface area contributed by atoms with Crippen molar-refractivity contribution in [2.45, 2.75) is 33.7 Å². The average molecular weight is 348 g/mol. The molecule has 0 spiro atoms.